The van der Waals surface area contributed by atoms with Crippen LogP contribution in [0.2, 0.25) is 0 Å². The number of benzene rings is 1. The molecule has 5 nitrogen and oxygen atoms in total. The lowest BCUT2D eigenvalue weighted by molar-refractivity contribution is -0.125. The van der Waals surface area contributed by atoms with Crippen LogP contribution in [-0.4, -0.2) is 50.1 Å². The highest BCUT2D eigenvalue weighted by atomic mass is 32.1. The molecule has 2 aromatic rings. The van der Waals surface area contributed by atoms with E-state index in [9.17, 15) is 4.79 Å². The van der Waals surface area contributed by atoms with Crippen molar-refractivity contribution in [2.24, 2.45) is 5.92 Å². The van der Waals surface area contributed by atoms with Crippen molar-refractivity contribution in [3.63, 3.8) is 0 Å². The Labute approximate surface area is 172 Å². The topological polar surface area (TPSA) is 44.8 Å². The lowest BCUT2D eigenvalue weighted by Crippen LogP contribution is -2.52. The zero-order valence-electron chi connectivity index (χ0n) is 17.2. The van der Waals surface area contributed by atoms with Gasteiger partial charge in [-0.1, -0.05) is 32.0 Å². The number of methoxy groups -OCH3 is 1. The number of hydrogen-bond donors (Lipinski definition) is 1. The van der Waals surface area contributed by atoms with Crippen LogP contribution in [0.1, 0.15) is 31.7 Å². The molecule has 0 aliphatic carbocycles. The van der Waals surface area contributed by atoms with Crippen LogP contribution < -0.4 is 15.0 Å². The number of anilines is 1. The Morgan fingerprint density at radius 1 is 1.07 bits per heavy atom. The molecule has 1 aliphatic heterocycles. The van der Waals surface area contributed by atoms with Gasteiger partial charge in [0.15, 0.2) is 0 Å². The summed E-state index contributed by atoms with van der Waals surface area (Å²) in [6, 6.07) is 12.7. The normalized spacial score (nSPS) is 17.4. The molecule has 0 spiro atoms. The third-order valence-electron chi connectivity index (χ3n) is 5.34. The van der Waals surface area contributed by atoms with E-state index in [0.29, 0.717) is 0 Å². The number of amides is 1. The van der Waals surface area contributed by atoms with Crippen LogP contribution in [0.25, 0.3) is 0 Å². The summed E-state index contributed by atoms with van der Waals surface area (Å²) in [7, 11) is 1.72. The molecule has 1 aromatic heterocycles. The van der Waals surface area contributed by atoms with E-state index in [1.165, 1.54) is 4.88 Å². The number of nitrogens with zero attached hydrogens (tertiary/aromatic N) is 2. The predicted octanol–water partition coefficient (Wildman–Crippen LogP) is 3.78. The van der Waals surface area contributed by atoms with E-state index in [0.717, 1.165) is 37.6 Å². The van der Waals surface area contributed by atoms with Crippen molar-refractivity contribution >= 4 is 22.9 Å². The van der Waals surface area contributed by atoms with Crippen LogP contribution in [0.4, 0.5) is 5.69 Å². The van der Waals surface area contributed by atoms with Crippen LogP contribution in [-0.2, 0) is 4.79 Å². The Kier molecular flexibility index (Phi) is 6.97. The van der Waals surface area contributed by atoms with Crippen molar-refractivity contribution in [1.82, 2.24) is 10.2 Å². The number of ether oxygens (including phenoxy) is 1. The molecule has 3 rings (SSSR count). The van der Waals surface area contributed by atoms with Crippen LogP contribution in [0, 0.1) is 5.92 Å². The quantitative estimate of drug-likeness (QED) is 0.767. The number of hydrogen-bond acceptors (Lipinski definition) is 5. The minimum absolute atomic E-state index is 0.00571. The van der Waals surface area contributed by atoms with Crippen LogP contribution in [0.5, 0.6) is 5.75 Å². The molecule has 0 unspecified atom stereocenters. The van der Waals surface area contributed by atoms with E-state index in [1.54, 1.807) is 18.4 Å². The van der Waals surface area contributed by atoms with Crippen molar-refractivity contribution in [2.45, 2.75) is 32.9 Å². The van der Waals surface area contributed by atoms with E-state index < -0.39 is 0 Å². The first-order valence-corrected chi connectivity index (χ1v) is 10.8. The standard InChI is InChI=1S/C22H31N3O2S/c1-16(2)22(26)23-17(3)21(20-10-7-15-28-20)25-13-11-24(12-14-25)18-8-5-6-9-19(18)27-4/h5-10,15-17,21H,11-14H2,1-4H3,(H,23,26)/t17-,21-/m1/s1. The highest BCUT2D eigenvalue weighted by Gasteiger charge is 2.31. The second-order valence-corrected chi connectivity index (χ2v) is 8.59. The molecule has 28 heavy (non-hydrogen) atoms. The minimum Gasteiger partial charge on any atom is -0.495 e. The fourth-order valence-corrected chi connectivity index (χ4v) is 4.77. The van der Waals surface area contributed by atoms with E-state index in [4.69, 9.17) is 4.74 Å². The molecule has 2 heterocycles. The minimum atomic E-state index is -0.00571. The fourth-order valence-electron chi connectivity index (χ4n) is 3.80. The second-order valence-electron chi connectivity index (χ2n) is 7.61. The third kappa shape index (κ3) is 4.67. The van der Waals surface area contributed by atoms with Gasteiger partial charge < -0.3 is 15.0 Å². The summed E-state index contributed by atoms with van der Waals surface area (Å²) in [5.74, 6) is 1.03. The first-order valence-electron chi connectivity index (χ1n) is 9.97. The molecule has 0 bridgehead atoms. The Balaban J connectivity index is 1.72. The van der Waals surface area contributed by atoms with Crippen LogP contribution in [0.15, 0.2) is 41.8 Å². The maximum absolute atomic E-state index is 12.3. The number of carbonyl (C=O) groups is 1. The Hall–Kier alpha value is -2.05. The van der Waals surface area contributed by atoms with Gasteiger partial charge in [-0.05, 0) is 30.5 Å². The zero-order chi connectivity index (χ0) is 20.1. The molecule has 1 aromatic carbocycles. The Bertz CT molecular complexity index is 755. The molecule has 152 valence electrons. The average molecular weight is 402 g/mol. The van der Waals surface area contributed by atoms with Crippen molar-refractivity contribution < 1.29 is 9.53 Å². The third-order valence-corrected chi connectivity index (χ3v) is 6.28. The molecule has 6 heteroatoms. The first-order chi connectivity index (χ1) is 13.5. The molecule has 2 atom stereocenters. The summed E-state index contributed by atoms with van der Waals surface area (Å²) in [5.41, 5.74) is 1.15. The van der Waals surface area contributed by atoms with Crippen molar-refractivity contribution in [2.75, 3.05) is 38.2 Å². The van der Waals surface area contributed by atoms with E-state index in [2.05, 4.69) is 51.7 Å². The van der Waals surface area contributed by atoms with Gasteiger partial charge in [0.2, 0.25) is 5.91 Å². The number of nitrogens with one attached hydrogen (secondary N) is 1. The lowest BCUT2D eigenvalue weighted by Gasteiger charge is -2.42. The molecule has 1 aliphatic rings. The molecule has 0 saturated carbocycles. The van der Waals surface area contributed by atoms with Gasteiger partial charge in [0.25, 0.3) is 0 Å². The SMILES string of the molecule is COc1ccccc1N1CCN([C@@H](c2cccs2)[C@@H](C)NC(=O)C(C)C)CC1. The van der Waals surface area contributed by atoms with Crippen LogP contribution >= 0.6 is 11.3 Å². The summed E-state index contributed by atoms with van der Waals surface area (Å²) in [6.07, 6.45) is 0. The van der Waals surface area contributed by atoms with E-state index in [1.807, 2.05) is 26.0 Å². The molecular formula is C22H31N3O2S. The van der Waals surface area contributed by atoms with Crippen molar-refractivity contribution in [3.05, 3.63) is 46.7 Å². The smallest absolute Gasteiger partial charge is 0.222 e. The Morgan fingerprint density at radius 3 is 2.39 bits per heavy atom. The highest BCUT2D eigenvalue weighted by Crippen LogP contribution is 2.32. The van der Waals surface area contributed by atoms with Gasteiger partial charge in [-0.25, -0.2) is 0 Å². The second kappa shape index (κ2) is 9.43. The molecule has 1 saturated heterocycles. The average Bonchev–Trinajstić information content (AvgIpc) is 3.22. The van der Waals surface area contributed by atoms with Gasteiger partial charge >= 0.3 is 0 Å². The Morgan fingerprint density at radius 2 is 1.79 bits per heavy atom. The zero-order valence-corrected chi connectivity index (χ0v) is 18.0. The summed E-state index contributed by atoms with van der Waals surface area (Å²) in [5, 5.41) is 5.33. The van der Waals surface area contributed by atoms with Gasteiger partial charge in [-0.3, -0.25) is 9.69 Å². The fraction of sp³-hybridized carbons (Fsp3) is 0.500. The van der Waals surface area contributed by atoms with Gasteiger partial charge in [-0.15, -0.1) is 11.3 Å². The number of thiophene rings is 1. The van der Waals surface area contributed by atoms with Crippen LogP contribution in [0.3, 0.4) is 0 Å². The summed E-state index contributed by atoms with van der Waals surface area (Å²) >= 11 is 1.77. The molecule has 1 amide bonds. The molecule has 0 radical (unpaired) electrons. The number of piperazine rings is 1. The largest absolute Gasteiger partial charge is 0.495 e. The number of carbonyl (C=O) groups excluding carboxylic acids is 1. The summed E-state index contributed by atoms with van der Waals surface area (Å²) in [6.45, 7) is 9.77. The van der Waals surface area contributed by atoms with Gasteiger partial charge in [0.1, 0.15) is 5.75 Å². The van der Waals surface area contributed by atoms with Gasteiger partial charge in [0, 0.05) is 43.0 Å². The molecular weight excluding hydrogens is 370 g/mol. The van der Waals surface area contributed by atoms with Gasteiger partial charge in [-0.2, -0.15) is 0 Å². The van der Waals surface area contributed by atoms with E-state index in [-0.39, 0.29) is 23.9 Å². The highest BCUT2D eigenvalue weighted by molar-refractivity contribution is 7.10. The van der Waals surface area contributed by atoms with Crippen molar-refractivity contribution in [3.8, 4) is 5.75 Å². The maximum atomic E-state index is 12.3. The van der Waals surface area contributed by atoms with Gasteiger partial charge in [0.05, 0.1) is 18.8 Å². The predicted molar refractivity (Wildman–Crippen MR) is 116 cm³/mol. The number of rotatable bonds is 7. The maximum Gasteiger partial charge on any atom is 0.222 e. The number of para-hydroxylation sites is 2. The molecule has 1 N–H and O–H groups in total. The lowest BCUT2D eigenvalue weighted by atomic mass is 10.0. The summed E-state index contributed by atoms with van der Waals surface area (Å²) in [4.78, 5) is 18.5. The van der Waals surface area contributed by atoms with E-state index >= 15 is 0 Å². The summed E-state index contributed by atoms with van der Waals surface area (Å²) < 4.78 is 5.54. The first kappa shape index (κ1) is 20.7. The molecule has 1 fully saturated rings. The monoisotopic (exact) mass is 401 g/mol. The van der Waals surface area contributed by atoms with Crippen molar-refractivity contribution in [1.29, 1.82) is 0 Å².